The SMILES string of the molecule is CSC1CCC(NC(=O)c2cc(I)ccc2Br)C1. The Morgan fingerprint density at radius 3 is 2.94 bits per heavy atom. The van der Waals surface area contributed by atoms with E-state index in [0.717, 1.165) is 26.4 Å². The summed E-state index contributed by atoms with van der Waals surface area (Å²) in [5.41, 5.74) is 0.731. The summed E-state index contributed by atoms with van der Waals surface area (Å²) in [5, 5.41) is 3.85. The maximum atomic E-state index is 12.2. The zero-order valence-corrected chi connectivity index (χ0v) is 14.6. The molecule has 1 N–H and O–H groups in total. The smallest absolute Gasteiger partial charge is 0.252 e. The van der Waals surface area contributed by atoms with Gasteiger partial charge in [0.1, 0.15) is 0 Å². The van der Waals surface area contributed by atoms with Crippen LogP contribution in [0.4, 0.5) is 0 Å². The number of hydrogen-bond acceptors (Lipinski definition) is 2. The van der Waals surface area contributed by atoms with E-state index >= 15 is 0 Å². The largest absolute Gasteiger partial charge is 0.349 e. The van der Waals surface area contributed by atoms with Gasteiger partial charge in [-0.2, -0.15) is 11.8 Å². The third-order valence-corrected chi connectivity index (χ3v) is 5.68. The fourth-order valence-electron chi connectivity index (χ4n) is 2.22. The van der Waals surface area contributed by atoms with Crippen molar-refractivity contribution in [2.75, 3.05) is 6.26 Å². The first-order valence-electron chi connectivity index (χ1n) is 5.89. The quantitative estimate of drug-likeness (QED) is 0.719. The highest BCUT2D eigenvalue weighted by Crippen LogP contribution is 2.28. The molecule has 1 saturated carbocycles. The molecular formula is C13H15BrINOS. The lowest BCUT2D eigenvalue weighted by Crippen LogP contribution is -2.33. The zero-order valence-electron chi connectivity index (χ0n) is 10.1. The molecule has 0 aliphatic heterocycles. The van der Waals surface area contributed by atoms with Crippen molar-refractivity contribution in [1.29, 1.82) is 0 Å². The number of rotatable bonds is 3. The van der Waals surface area contributed by atoms with Gasteiger partial charge in [0.25, 0.3) is 5.91 Å². The topological polar surface area (TPSA) is 29.1 Å². The molecule has 98 valence electrons. The first-order valence-corrected chi connectivity index (χ1v) is 9.05. The summed E-state index contributed by atoms with van der Waals surface area (Å²) in [5.74, 6) is 0.0344. The van der Waals surface area contributed by atoms with Crippen molar-refractivity contribution < 1.29 is 4.79 Å². The molecule has 0 saturated heterocycles. The second-order valence-corrected chi connectivity index (χ2v) is 7.70. The molecule has 1 aliphatic rings. The van der Waals surface area contributed by atoms with Crippen molar-refractivity contribution in [3.8, 4) is 0 Å². The lowest BCUT2D eigenvalue weighted by atomic mass is 10.2. The highest BCUT2D eigenvalue weighted by Gasteiger charge is 2.25. The molecule has 1 aromatic carbocycles. The molecule has 5 heteroatoms. The summed E-state index contributed by atoms with van der Waals surface area (Å²) in [7, 11) is 0. The van der Waals surface area contributed by atoms with Crippen LogP contribution in [0.25, 0.3) is 0 Å². The molecule has 0 bridgehead atoms. The molecule has 0 aromatic heterocycles. The number of hydrogen-bond donors (Lipinski definition) is 1. The van der Waals surface area contributed by atoms with Crippen molar-refractivity contribution in [3.63, 3.8) is 0 Å². The molecule has 18 heavy (non-hydrogen) atoms. The van der Waals surface area contributed by atoms with Gasteiger partial charge in [-0.15, -0.1) is 0 Å². The van der Waals surface area contributed by atoms with Crippen LogP contribution in [0.5, 0.6) is 0 Å². The van der Waals surface area contributed by atoms with E-state index in [1.54, 1.807) is 0 Å². The van der Waals surface area contributed by atoms with Crippen LogP contribution in [0.15, 0.2) is 22.7 Å². The Kier molecular flexibility index (Phi) is 5.38. The van der Waals surface area contributed by atoms with E-state index in [4.69, 9.17) is 0 Å². The first-order chi connectivity index (χ1) is 8.60. The van der Waals surface area contributed by atoms with E-state index < -0.39 is 0 Å². The first kappa shape index (κ1) is 14.7. The predicted molar refractivity (Wildman–Crippen MR) is 89.3 cm³/mol. The average molecular weight is 440 g/mol. The van der Waals surface area contributed by atoms with E-state index in [1.807, 2.05) is 30.0 Å². The van der Waals surface area contributed by atoms with E-state index in [0.29, 0.717) is 11.3 Å². The number of halogens is 2. The summed E-state index contributed by atoms with van der Waals surface area (Å²) in [6.45, 7) is 0. The zero-order chi connectivity index (χ0) is 13.1. The average Bonchev–Trinajstić information content (AvgIpc) is 2.80. The molecule has 1 fully saturated rings. The molecule has 2 unspecified atom stereocenters. The minimum absolute atomic E-state index is 0.0344. The van der Waals surface area contributed by atoms with Gasteiger partial charge in [-0.1, -0.05) is 0 Å². The minimum Gasteiger partial charge on any atom is -0.349 e. The molecular weight excluding hydrogens is 425 g/mol. The van der Waals surface area contributed by atoms with Gasteiger partial charge in [0.05, 0.1) is 5.56 Å². The Morgan fingerprint density at radius 1 is 1.50 bits per heavy atom. The van der Waals surface area contributed by atoms with Gasteiger partial charge in [0.15, 0.2) is 0 Å². The van der Waals surface area contributed by atoms with E-state index in [9.17, 15) is 4.79 Å². The lowest BCUT2D eigenvalue weighted by molar-refractivity contribution is 0.0937. The van der Waals surface area contributed by atoms with Crippen LogP contribution in [-0.2, 0) is 0 Å². The third-order valence-electron chi connectivity index (χ3n) is 3.23. The van der Waals surface area contributed by atoms with Crippen molar-refractivity contribution in [2.24, 2.45) is 0 Å². The second kappa shape index (κ2) is 6.61. The predicted octanol–water partition coefficient (Wildman–Crippen LogP) is 4.07. The van der Waals surface area contributed by atoms with Gasteiger partial charge < -0.3 is 5.32 Å². The van der Waals surface area contributed by atoms with Crippen LogP contribution < -0.4 is 5.32 Å². The lowest BCUT2D eigenvalue weighted by Gasteiger charge is -2.13. The molecule has 2 nitrogen and oxygen atoms in total. The Bertz CT molecular complexity index is 455. The summed E-state index contributed by atoms with van der Waals surface area (Å²) in [6, 6.07) is 6.16. The molecule has 1 amide bonds. The van der Waals surface area contributed by atoms with Crippen molar-refractivity contribution in [2.45, 2.75) is 30.6 Å². The normalized spacial score (nSPS) is 23.1. The highest BCUT2D eigenvalue weighted by molar-refractivity contribution is 14.1. The van der Waals surface area contributed by atoms with Crippen LogP contribution in [0.3, 0.4) is 0 Å². The standard InChI is InChI=1S/C13H15BrINOS/c1-18-10-4-3-9(7-10)16-13(17)11-6-8(15)2-5-12(11)14/h2,5-6,9-10H,3-4,7H2,1H3,(H,16,17). The van der Waals surface area contributed by atoms with E-state index in [1.165, 1.54) is 6.42 Å². The molecule has 0 heterocycles. The summed E-state index contributed by atoms with van der Waals surface area (Å²) >= 11 is 7.57. The van der Waals surface area contributed by atoms with Crippen molar-refractivity contribution in [3.05, 3.63) is 31.8 Å². The van der Waals surface area contributed by atoms with Crippen LogP contribution >= 0.6 is 50.3 Å². The number of carbonyl (C=O) groups is 1. The van der Waals surface area contributed by atoms with Gasteiger partial charge in [-0.25, -0.2) is 0 Å². The minimum atomic E-state index is 0.0344. The van der Waals surface area contributed by atoms with Crippen LogP contribution in [-0.4, -0.2) is 23.5 Å². The van der Waals surface area contributed by atoms with E-state index in [2.05, 4.69) is 50.1 Å². The van der Waals surface area contributed by atoms with Crippen LogP contribution in [0.1, 0.15) is 29.6 Å². The van der Waals surface area contributed by atoms with Gasteiger partial charge in [0.2, 0.25) is 0 Å². The fraction of sp³-hybridized carbons (Fsp3) is 0.462. The Hall–Kier alpha value is 0.250. The number of nitrogens with one attached hydrogen (secondary N) is 1. The molecule has 1 aromatic rings. The second-order valence-electron chi connectivity index (χ2n) is 4.47. The van der Waals surface area contributed by atoms with Gasteiger partial charge >= 0.3 is 0 Å². The summed E-state index contributed by atoms with van der Waals surface area (Å²) in [6.07, 6.45) is 5.54. The fourth-order valence-corrected chi connectivity index (χ4v) is 3.93. The van der Waals surface area contributed by atoms with Crippen molar-refractivity contribution >= 4 is 56.2 Å². The Morgan fingerprint density at radius 2 is 2.28 bits per heavy atom. The Labute approximate surface area is 134 Å². The molecule has 2 atom stereocenters. The van der Waals surface area contributed by atoms with Gasteiger partial charge in [-0.05, 0) is 82.2 Å². The van der Waals surface area contributed by atoms with Crippen molar-refractivity contribution in [1.82, 2.24) is 5.32 Å². The van der Waals surface area contributed by atoms with Gasteiger partial charge in [-0.3, -0.25) is 4.79 Å². The Balaban J connectivity index is 2.02. The number of amides is 1. The molecule has 0 radical (unpaired) electrons. The third kappa shape index (κ3) is 3.63. The highest BCUT2D eigenvalue weighted by atomic mass is 127. The van der Waals surface area contributed by atoms with E-state index in [-0.39, 0.29) is 5.91 Å². The monoisotopic (exact) mass is 439 g/mol. The summed E-state index contributed by atoms with van der Waals surface area (Å²) < 4.78 is 1.94. The number of benzene rings is 1. The summed E-state index contributed by atoms with van der Waals surface area (Å²) in [4.78, 5) is 12.2. The molecule has 2 rings (SSSR count). The number of carbonyl (C=O) groups excluding carboxylic acids is 1. The molecule has 1 aliphatic carbocycles. The maximum absolute atomic E-state index is 12.2. The van der Waals surface area contributed by atoms with Crippen LogP contribution in [0.2, 0.25) is 0 Å². The van der Waals surface area contributed by atoms with Gasteiger partial charge in [0, 0.05) is 19.3 Å². The maximum Gasteiger partial charge on any atom is 0.252 e. The molecule has 0 spiro atoms. The number of thioether (sulfide) groups is 1. The van der Waals surface area contributed by atoms with Crippen LogP contribution in [0, 0.1) is 3.57 Å².